The Morgan fingerprint density at radius 1 is 1.23 bits per heavy atom. The Bertz CT molecular complexity index is 765. The van der Waals surface area contributed by atoms with Gasteiger partial charge in [-0.3, -0.25) is 14.6 Å². The molecule has 2 amide bonds. The first kappa shape index (κ1) is 17.1. The van der Waals surface area contributed by atoms with Crippen LogP contribution in [-0.4, -0.2) is 50.7 Å². The van der Waals surface area contributed by atoms with Crippen molar-refractivity contribution in [3.8, 4) is 0 Å². The minimum atomic E-state index is -0.0720. The Hall–Kier alpha value is -2.28. The highest BCUT2D eigenvalue weighted by Crippen LogP contribution is 2.30. The van der Waals surface area contributed by atoms with Gasteiger partial charge in [-0.15, -0.1) is 11.3 Å². The third-order valence-corrected chi connectivity index (χ3v) is 5.97. The van der Waals surface area contributed by atoms with E-state index in [9.17, 15) is 9.59 Å². The first-order chi connectivity index (χ1) is 12.7. The summed E-state index contributed by atoms with van der Waals surface area (Å²) in [5, 5.41) is 1.99. The molecule has 0 spiro atoms. The number of aromatic nitrogens is 2. The molecule has 136 valence electrons. The van der Waals surface area contributed by atoms with Gasteiger partial charge >= 0.3 is 0 Å². The number of amides is 2. The molecular formula is C19H22N4O2S. The molecular weight excluding hydrogens is 348 g/mol. The second-order valence-corrected chi connectivity index (χ2v) is 7.75. The lowest BCUT2D eigenvalue weighted by atomic mass is 9.94. The highest BCUT2D eigenvalue weighted by atomic mass is 32.1. The zero-order valence-corrected chi connectivity index (χ0v) is 15.4. The molecule has 26 heavy (non-hydrogen) atoms. The highest BCUT2D eigenvalue weighted by molar-refractivity contribution is 7.07. The fraction of sp³-hybridized carbons (Fsp3) is 0.474. The van der Waals surface area contributed by atoms with Gasteiger partial charge < -0.3 is 9.80 Å². The molecule has 7 heteroatoms. The number of rotatable bonds is 5. The summed E-state index contributed by atoms with van der Waals surface area (Å²) in [6.45, 7) is 1.75. The number of pyridine rings is 1. The van der Waals surface area contributed by atoms with Crippen molar-refractivity contribution in [1.29, 1.82) is 0 Å². The van der Waals surface area contributed by atoms with Crippen LogP contribution in [0.15, 0.2) is 35.4 Å². The Kier molecular flexibility index (Phi) is 4.97. The maximum Gasteiger partial charge on any atom is 0.228 e. The van der Waals surface area contributed by atoms with Gasteiger partial charge in [0.1, 0.15) is 0 Å². The predicted octanol–water partition coefficient (Wildman–Crippen LogP) is 2.12. The van der Waals surface area contributed by atoms with Gasteiger partial charge in [0.25, 0.3) is 0 Å². The Labute approximate surface area is 156 Å². The van der Waals surface area contributed by atoms with Crippen LogP contribution >= 0.6 is 11.3 Å². The van der Waals surface area contributed by atoms with E-state index in [-0.39, 0.29) is 23.8 Å². The summed E-state index contributed by atoms with van der Waals surface area (Å²) in [5.74, 6) is 0.248. The first-order valence-corrected chi connectivity index (χ1v) is 9.99. The third-order valence-electron chi connectivity index (χ3n) is 5.34. The lowest BCUT2D eigenvalue weighted by molar-refractivity contribution is -0.140. The molecule has 6 nitrogen and oxygen atoms in total. The van der Waals surface area contributed by atoms with Crippen molar-refractivity contribution >= 4 is 23.2 Å². The topological polar surface area (TPSA) is 66.4 Å². The average molecular weight is 370 g/mol. The maximum atomic E-state index is 12.8. The normalized spacial score (nSPS) is 22.5. The van der Waals surface area contributed by atoms with Crippen LogP contribution in [0.5, 0.6) is 0 Å². The first-order valence-electron chi connectivity index (χ1n) is 9.05. The molecule has 2 atom stereocenters. The van der Waals surface area contributed by atoms with E-state index in [4.69, 9.17) is 0 Å². The number of fused-ring (bicyclic) bond motifs is 4. The molecule has 2 bridgehead atoms. The lowest BCUT2D eigenvalue weighted by Crippen LogP contribution is -2.47. The number of carbonyl (C=O) groups is 2. The maximum absolute atomic E-state index is 12.8. The second kappa shape index (κ2) is 7.53. The third kappa shape index (κ3) is 3.62. The van der Waals surface area contributed by atoms with Crippen LogP contribution in [0, 0.1) is 5.92 Å². The number of piperidine rings is 1. The van der Waals surface area contributed by atoms with Gasteiger partial charge in [0.2, 0.25) is 11.8 Å². The fourth-order valence-corrected chi connectivity index (χ4v) is 4.45. The monoisotopic (exact) mass is 370 g/mol. The smallest absolute Gasteiger partial charge is 0.228 e. The largest absolute Gasteiger partial charge is 0.340 e. The van der Waals surface area contributed by atoms with Crippen LogP contribution in [0.2, 0.25) is 0 Å². The molecule has 2 aromatic heterocycles. The van der Waals surface area contributed by atoms with Crippen molar-refractivity contribution in [2.24, 2.45) is 5.92 Å². The summed E-state index contributed by atoms with van der Waals surface area (Å²) in [4.78, 5) is 37.8. The van der Waals surface area contributed by atoms with Gasteiger partial charge in [-0.1, -0.05) is 0 Å². The van der Waals surface area contributed by atoms with Crippen molar-refractivity contribution in [3.05, 3.63) is 46.7 Å². The van der Waals surface area contributed by atoms with Crippen molar-refractivity contribution in [2.75, 3.05) is 13.1 Å². The number of carbonyl (C=O) groups excluding carboxylic acids is 2. The number of hydrogen-bond donors (Lipinski definition) is 0. The minimum Gasteiger partial charge on any atom is -0.340 e. The van der Waals surface area contributed by atoms with E-state index in [0.29, 0.717) is 32.5 Å². The minimum absolute atomic E-state index is 0.0720. The predicted molar refractivity (Wildman–Crippen MR) is 98.3 cm³/mol. The molecule has 5 heterocycles. The summed E-state index contributed by atoms with van der Waals surface area (Å²) >= 11 is 1.55. The highest BCUT2D eigenvalue weighted by Gasteiger charge is 2.41. The Balaban J connectivity index is 1.42. The van der Waals surface area contributed by atoms with E-state index in [1.165, 1.54) is 0 Å². The van der Waals surface area contributed by atoms with Crippen LogP contribution < -0.4 is 0 Å². The molecule has 2 aromatic rings. The van der Waals surface area contributed by atoms with Gasteiger partial charge in [-0.05, 0) is 37.0 Å². The van der Waals surface area contributed by atoms with Crippen molar-refractivity contribution < 1.29 is 9.59 Å². The molecule has 3 saturated heterocycles. The van der Waals surface area contributed by atoms with Gasteiger partial charge in [0.15, 0.2) is 0 Å². The molecule has 3 aliphatic rings. The van der Waals surface area contributed by atoms with Crippen molar-refractivity contribution in [2.45, 2.75) is 38.3 Å². The fourth-order valence-electron chi connectivity index (χ4n) is 3.90. The van der Waals surface area contributed by atoms with Gasteiger partial charge in [0, 0.05) is 43.3 Å². The molecule has 0 N–H and O–H groups in total. The quantitative estimate of drug-likeness (QED) is 0.809. The van der Waals surface area contributed by atoms with Gasteiger partial charge in [-0.2, -0.15) is 0 Å². The number of thiazole rings is 1. The standard InChI is InChI=1S/C19H22N4O2S/c24-18(4-1-14-5-7-20-8-6-14)22-9-15-2-3-17(11-22)23(19(15)25)10-16-12-26-13-21-16/h5-8,12-13,15,17H,1-4,9-11H2/t15-,17+/m0/s1. The van der Waals surface area contributed by atoms with Crippen LogP contribution in [0.1, 0.15) is 30.5 Å². The summed E-state index contributed by atoms with van der Waals surface area (Å²) in [6, 6.07) is 3.99. The molecule has 0 saturated carbocycles. The van der Waals surface area contributed by atoms with E-state index < -0.39 is 0 Å². The summed E-state index contributed by atoms with van der Waals surface area (Å²) in [7, 11) is 0. The molecule has 3 fully saturated rings. The van der Waals surface area contributed by atoms with Gasteiger partial charge in [0.05, 0.1) is 23.7 Å². The van der Waals surface area contributed by atoms with Crippen LogP contribution in [0.25, 0.3) is 0 Å². The molecule has 0 radical (unpaired) electrons. The molecule has 0 unspecified atom stereocenters. The average Bonchev–Trinajstić information content (AvgIpc) is 3.03. The Morgan fingerprint density at radius 3 is 2.85 bits per heavy atom. The molecule has 3 aliphatic heterocycles. The number of nitrogens with zero attached hydrogens (tertiary/aromatic N) is 4. The zero-order valence-electron chi connectivity index (χ0n) is 14.6. The number of aryl methyl sites for hydroxylation is 1. The molecule has 0 aromatic carbocycles. The summed E-state index contributed by atoms with van der Waals surface area (Å²) in [5.41, 5.74) is 3.85. The number of hydrogen-bond acceptors (Lipinski definition) is 5. The molecule has 5 rings (SSSR count). The van der Waals surface area contributed by atoms with E-state index in [1.54, 1.807) is 29.2 Å². The second-order valence-electron chi connectivity index (χ2n) is 7.03. The summed E-state index contributed by atoms with van der Waals surface area (Å²) in [6.07, 6.45) is 6.54. The van der Waals surface area contributed by atoms with Crippen LogP contribution in [0.3, 0.4) is 0 Å². The SMILES string of the molecule is O=C(CCc1ccncc1)N1C[C@@H]2CC[C@H](C1)N(Cc1cscn1)C2=O. The van der Waals surface area contributed by atoms with E-state index in [0.717, 1.165) is 24.1 Å². The van der Waals surface area contributed by atoms with Crippen LogP contribution in [0.4, 0.5) is 0 Å². The van der Waals surface area contributed by atoms with E-state index in [1.807, 2.05) is 27.3 Å². The van der Waals surface area contributed by atoms with Gasteiger partial charge in [-0.25, -0.2) is 4.98 Å². The van der Waals surface area contributed by atoms with Crippen LogP contribution in [-0.2, 0) is 22.6 Å². The Morgan fingerprint density at radius 2 is 2.08 bits per heavy atom. The summed E-state index contributed by atoms with van der Waals surface area (Å²) < 4.78 is 0. The van der Waals surface area contributed by atoms with E-state index >= 15 is 0 Å². The van der Waals surface area contributed by atoms with Crippen molar-refractivity contribution in [3.63, 3.8) is 0 Å². The zero-order chi connectivity index (χ0) is 17.9. The molecule has 0 aliphatic carbocycles. The van der Waals surface area contributed by atoms with E-state index in [2.05, 4.69) is 9.97 Å². The lowest BCUT2D eigenvalue weighted by Gasteiger charge is -2.35. The van der Waals surface area contributed by atoms with Crippen molar-refractivity contribution in [1.82, 2.24) is 19.8 Å².